The monoisotopic (exact) mass is 361 g/mol. The molecule has 1 fully saturated rings. The second-order valence-electron chi connectivity index (χ2n) is 4.95. The van der Waals surface area contributed by atoms with E-state index in [9.17, 15) is 13.2 Å². The highest BCUT2D eigenvalue weighted by Crippen LogP contribution is 2.29. The van der Waals surface area contributed by atoms with Gasteiger partial charge in [0.2, 0.25) is 15.9 Å². The number of primary sulfonamides is 1. The molecule has 1 aliphatic carbocycles. The SMILES string of the molecule is NC1CCC(C(=O)Nc2ccc(S(N)(=O)=O)cc2Br)C1. The Morgan fingerprint density at radius 2 is 2.05 bits per heavy atom. The molecule has 0 aliphatic heterocycles. The Morgan fingerprint density at radius 3 is 2.55 bits per heavy atom. The number of amides is 1. The van der Waals surface area contributed by atoms with Gasteiger partial charge in [-0.05, 0) is 53.4 Å². The fourth-order valence-corrected chi connectivity index (χ4v) is 3.43. The van der Waals surface area contributed by atoms with Gasteiger partial charge >= 0.3 is 0 Å². The third kappa shape index (κ3) is 3.57. The molecule has 0 radical (unpaired) electrons. The molecule has 2 atom stereocenters. The van der Waals surface area contributed by atoms with Crippen LogP contribution in [0.15, 0.2) is 27.6 Å². The first-order chi connectivity index (χ1) is 9.27. The minimum atomic E-state index is -3.75. The number of nitrogens with two attached hydrogens (primary N) is 2. The molecule has 2 unspecified atom stereocenters. The van der Waals surface area contributed by atoms with E-state index in [1.165, 1.54) is 18.2 Å². The summed E-state index contributed by atoms with van der Waals surface area (Å²) in [6, 6.07) is 4.32. The molecule has 1 aromatic carbocycles. The average Bonchev–Trinajstić information content (AvgIpc) is 2.77. The lowest BCUT2D eigenvalue weighted by molar-refractivity contribution is -0.119. The van der Waals surface area contributed by atoms with Crippen molar-refractivity contribution in [3.05, 3.63) is 22.7 Å². The van der Waals surface area contributed by atoms with Crippen LogP contribution in [-0.4, -0.2) is 20.4 Å². The number of sulfonamides is 1. The van der Waals surface area contributed by atoms with Gasteiger partial charge in [-0.1, -0.05) is 0 Å². The Hall–Kier alpha value is -0.960. The molecule has 0 spiro atoms. The van der Waals surface area contributed by atoms with E-state index < -0.39 is 10.0 Å². The van der Waals surface area contributed by atoms with Gasteiger partial charge in [0, 0.05) is 16.4 Å². The smallest absolute Gasteiger partial charge is 0.238 e. The van der Waals surface area contributed by atoms with Crippen LogP contribution in [0.2, 0.25) is 0 Å². The van der Waals surface area contributed by atoms with E-state index >= 15 is 0 Å². The number of hydrogen-bond acceptors (Lipinski definition) is 4. The second-order valence-corrected chi connectivity index (χ2v) is 7.36. The first kappa shape index (κ1) is 15.4. The van der Waals surface area contributed by atoms with Crippen molar-refractivity contribution in [2.75, 3.05) is 5.32 Å². The molecule has 2 rings (SSSR count). The third-order valence-corrected chi connectivity index (χ3v) is 4.94. The Kier molecular flexibility index (Phi) is 4.48. The van der Waals surface area contributed by atoms with E-state index in [0.717, 1.165) is 12.8 Å². The molecule has 0 aromatic heterocycles. The largest absolute Gasteiger partial charge is 0.328 e. The van der Waals surface area contributed by atoms with Gasteiger partial charge in [-0.15, -0.1) is 0 Å². The van der Waals surface area contributed by atoms with Crippen molar-refractivity contribution in [3.63, 3.8) is 0 Å². The first-order valence-corrected chi connectivity index (χ1v) is 8.50. The van der Waals surface area contributed by atoms with Gasteiger partial charge in [-0.3, -0.25) is 4.79 Å². The number of rotatable bonds is 3. The van der Waals surface area contributed by atoms with Crippen molar-refractivity contribution in [2.45, 2.75) is 30.2 Å². The average molecular weight is 362 g/mol. The normalized spacial score (nSPS) is 22.8. The van der Waals surface area contributed by atoms with Crippen LogP contribution < -0.4 is 16.2 Å². The van der Waals surface area contributed by atoms with Crippen LogP contribution in [0, 0.1) is 5.92 Å². The van der Waals surface area contributed by atoms with E-state index in [0.29, 0.717) is 16.6 Å². The molecular formula is C12H16BrN3O3S. The van der Waals surface area contributed by atoms with E-state index in [2.05, 4.69) is 21.2 Å². The Balaban J connectivity index is 2.12. The number of carbonyl (C=O) groups is 1. The molecule has 0 saturated heterocycles. The molecule has 1 saturated carbocycles. The van der Waals surface area contributed by atoms with Crippen molar-refractivity contribution in [1.82, 2.24) is 0 Å². The number of anilines is 1. The van der Waals surface area contributed by atoms with Crippen molar-refractivity contribution < 1.29 is 13.2 Å². The standard InChI is InChI=1S/C12H16BrN3O3S/c13-10-6-9(20(15,18)19)3-4-11(10)16-12(17)7-1-2-8(14)5-7/h3-4,6-8H,1-2,5,14H2,(H,16,17)(H2,15,18,19). The molecule has 6 nitrogen and oxygen atoms in total. The summed E-state index contributed by atoms with van der Waals surface area (Å²) in [5.74, 6) is -0.183. The Labute approximate surface area is 126 Å². The number of benzene rings is 1. The zero-order valence-corrected chi connectivity index (χ0v) is 13.1. The van der Waals surface area contributed by atoms with Crippen molar-refractivity contribution in [1.29, 1.82) is 0 Å². The summed E-state index contributed by atoms with van der Waals surface area (Å²) in [6.07, 6.45) is 2.31. The van der Waals surface area contributed by atoms with Gasteiger partial charge in [-0.25, -0.2) is 13.6 Å². The van der Waals surface area contributed by atoms with E-state index in [1.54, 1.807) is 0 Å². The molecular weight excluding hydrogens is 346 g/mol. The van der Waals surface area contributed by atoms with Gasteiger partial charge in [0.25, 0.3) is 0 Å². The molecule has 0 bridgehead atoms. The van der Waals surface area contributed by atoms with Gasteiger partial charge in [-0.2, -0.15) is 0 Å². The molecule has 1 amide bonds. The summed E-state index contributed by atoms with van der Waals surface area (Å²) in [6.45, 7) is 0. The number of hydrogen-bond donors (Lipinski definition) is 3. The fourth-order valence-electron chi connectivity index (χ4n) is 2.26. The van der Waals surface area contributed by atoms with E-state index in [4.69, 9.17) is 10.9 Å². The van der Waals surface area contributed by atoms with Crippen LogP contribution in [-0.2, 0) is 14.8 Å². The third-order valence-electron chi connectivity index (χ3n) is 3.37. The summed E-state index contributed by atoms with van der Waals surface area (Å²) in [5.41, 5.74) is 6.30. The molecule has 20 heavy (non-hydrogen) atoms. The van der Waals surface area contributed by atoms with E-state index in [1.807, 2.05) is 0 Å². The van der Waals surface area contributed by atoms with E-state index in [-0.39, 0.29) is 22.8 Å². The first-order valence-electron chi connectivity index (χ1n) is 6.16. The Morgan fingerprint density at radius 1 is 1.35 bits per heavy atom. The summed E-state index contributed by atoms with van der Waals surface area (Å²) in [5, 5.41) is 7.82. The van der Waals surface area contributed by atoms with Crippen LogP contribution in [0.5, 0.6) is 0 Å². The van der Waals surface area contributed by atoms with Crippen molar-refractivity contribution in [2.24, 2.45) is 16.8 Å². The van der Waals surface area contributed by atoms with Gasteiger partial charge in [0.1, 0.15) is 0 Å². The Bertz CT molecular complexity index is 633. The van der Waals surface area contributed by atoms with Gasteiger partial charge in [0.05, 0.1) is 10.6 Å². The second kappa shape index (κ2) is 5.80. The predicted octanol–water partition coefficient (Wildman–Crippen LogP) is 1.16. The number of nitrogens with one attached hydrogen (secondary N) is 1. The summed E-state index contributed by atoms with van der Waals surface area (Å²) in [7, 11) is -3.75. The molecule has 8 heteroatoms. The quantitative estimate of drug-likeness (QED) is 0.748. The van der Waals surface area contributed by atoms with Gasteiger partial charge < -0.3 is 11.1 Å². The van der Waals surface area contributed by atoms with Crippen LogP contribution in [0.25, 0.3) is 0 Å². The molecule has 110 valence electrons. The fraction of sp³-hybridized carbons (Fsp3) is 0.417. The summed E-state index contributed by atoms with van der Waals surface area (Å²) in [4.78, 5) is 12.1. The van der Waals surface area contributed by atoms with Gasteiger partial charge in [0.15, 0.2) is 0 Å². The summed E-state index contributed by atoms with van der Waals surface area (Å²) < 4.78 is 22.9. The number of halogens is 1. The highest BCUT2D eigenvalue weighted by molar-refractivity contribution is 9.10. The van der Waals surface area contributed by atoms with Crippen LogP contribution in [0.1, 0.15) is 19.3 Å². The molecule has 0 heterocycles. The van der Waals surface area contributed by atoms with Crippen molar-refractivity contribution in [3.8, 4) is 0 Å². The lowest BCUT2D eigenvalue weighted by Crippen LogP contribution is -2.23. The van der Waals surface area contributed by atoms with Crippen LogP contribution in [0.3, 0.4) is 0 Å². The minimum Gasteiger partial charge on any atom is -0.328 e. The van der Waals surface area contributed by atoms with Crippen molar-refractivity contribution >= 4 is 37.5 Å². The highest BCUT2D eigenvalue weighted by atomic mass is 79.9. The maximum atomic E-state index is 12.1. The lowest BCUT2D eigenvalue weighted by atomic mass is 10.1. The zero-order valence-electron chi connectivity index (χ0n) is 10.7. The zero-order chi connectivity index (χ0) is 14.9. The van der Waals surface area contributed by atoms with Crippen LogP contribution in [0.4, 0.5) is 5.69 Å². The number of carbonyl (C=O) groups excluding carboxylic acids is 1. The maximum Gasteiger partial charge on any atom is 0.238 e. The molecule has 1 aromatic rings. The maximum absolute atomic E-state index is 12.1. The lowest BCUT2D eigenvalue weighted by Gasteiger charge is -2.12. The molecule has 5 N–H and O–H groups in total. The topological polar surface area (TPSA) is 115 Å². The molecule has 1 aliphatic rings. The predicted molar refractivity (Wildman–Crippen MR) is 79.5 cm³/mol. The van der Waals surface area contributed by atoms with Crippen LogP contribution >= 0.6 is 15.9 Å². The summed E-state index contributed by atoms with van der Waals surface area (Å²) >= 11 is 3.23. The highest BCUT2D eigenvalue weighted by Gasteiger charge is 2.28. The minimum absolute atomic E-state index is 0.00902.